The van der Waals surface area contributed by atoms with Gasteiger partial charge in [-0.3, -0.25) is 10.1 Å². The van der Waals surface area contributed by atoms with Crippen LogP contribution in [0.3, 0.4) is 0 Å². The number of nitrogens with two attached hydrogens (primary N) is 1. The molecular formula is C27H24Br2N4O4. The second-order valence-corrected chi connectivity index (χ2v) is 9.71. The highest BCUT2D eigenvalue weighted by Gasteiger charge is 2.22. The molecule has 3 aromatic carbocycles. The number of nitrogens with one attached hydrogen (secondary N) is 2. The molecule has 0 aliphatic carbocycles. The summed E-state index contributed by atoms with van der Waals surface area (Å²) >= 11 is 6.72. The van der Waals surface area contributed by atoms with Gasteiger partial charge in [0.25, 0.3) is 0 Å². The van der Waals surface area contributed by atoms with Crippen LogP contribution in [-0.2, 0) is 9.53 Å². The van der Waals surface area contributed by atoms with Gasteiger partial charge in [0.1, 0.15) is 11.9 Å². The van der Waals surface area contributed by atoms with Crippen LogP contribution in [0.4, 0.5) is 21.9 Å². The average molecular weight is 628 g/mol. The Morgan fingerprint density at radius 1 is 1.11 bits per heavy atom. The van der Waals surface area contributed by atoms with Gasteiger partial charge in [0.05, 0.1) is 27.5 Å². The smallest absolute Gasteiger partial charge is 0.412 e. The number of nitrogens with zero attached hydrogens (tertiary/aromatic N) is 1. The molecule has 0 aliphatic heterocycles. The van der Waals surface area contributed by atoms with Gasteiger partial charge in [0.2, 0.25) is 5.91 Å². The summed E-state index contributed by atoms with van der Waals surface area (Å²) < 4.78 is 6.83. The van der Waals surface area contributed by atoms with Crippen LogP contribution in [0.25, 0.3) is 0 Å². The van der Waals surface area contributed by atoms with Gasteiger partial charge in [-0.05, 0) is 89.8 Å². The SMILES string of the molecule is N#Cc1ccc(NC(=O)O[C@H](CCC/C=C/C(=O)Nc2ccccc2N)c2cc(Br)cc(Br)c2O)cc1. The van der Waals surface area contributed by atoms with Crippen LogP contribution in [0.5, 0.6) is 5.75 Å². The first-order chi connectivity index (χ1) is 17.8. The molecule has 1 atom stereocenters. The van der Waals surface area contributed by atoms with Gasteiger partial charge in [-0.1, -0.05) is 34.1 Å². The summed E-state index contributed by atoms with van der Waals surface area (Å²) in [4.78, 5) is 24.8. The molecule has 0 spiro atoms. The van der Waals surface area contributed by atoms with Crippen LogP contribution < -0.4 is 16.4 Å². The molecule has 0 saturated heterocycles. The van der Waals surface area contributed by atoms with Crippen molar-refractivity contribution in [3.05, 3.63) is 92.9 Å². The van der Waals surface area contributed by atoms with Crippen LogP contribution in [0, 0.1) is 11.3 Å². The van der Waals surface area contributed by atoms with Crippen molar-refractivity contribution in [3.63, 3.8) is 0 Å². The van der Waals surface area contributed by atoms with E-state index in [1.54, 1.807) is 66.7 Å². The number of unbranched alkanes of at least 4 members (excludes halogenated alkanes) is 1. The minimum absolute atomic E-state index is 0.0326. The second kappa shape index (κ2) is 13.5. The topological polar surface area (TPSA) is 137 Å². The molecule has 0 aromatic heterocycles. The lowest BCUT2D eigenvalue weighted by Crippen LogP contribution is -2.18. The number of anilines is 3. The zero-order valence-electron chi connectivity index (χ0n) is 19.6. The molecule has 0 aliphatic rings. The summed E-state index contributed by atoms with van der Waals surface area (Å²) in [6.45, 7) is 0. The molecule has 37 heavy (non-hydrogen) atoms. The van der Waals surface area contributed by atoms with Crippen LogP contribution in [-0.4, -0.2) is 17.1 Å². The molecular weight excluding hydrogens is 604 g/mol. The van der Waals surface area contributed by atoms with E-state index in [0.717, 1.165) is 0 Å². The molecule has 2 amide bonds. The number of para-hydroxylation sites is 2. The number of halogens is 2. The summed E-state index contributed by atoms with van der Waals surface area (Å²) in [5, 5.41) is 24.9. The number of nitrogen functional groups attached to an aromatic ring is 1. The first-order valence-electron chi connectivity index (χ1n) is 11.2. The predicted octanol–water partition coefficient (Wildman–Crippen LogP) is 7.03. The lowest BCUT2D eigenvalue weighted by atomic mass is 10.0. The van der Waals surface area contributed by atoms with Gasteiger partial charge >= 0.3 is 6.09 Å². The van der Waals surface area contributed by atoms with Crippen molar-refractivity contribution in [1.82, 2.24) is 0 Å². The summed E-state index contributed by atoms with van der Waals surface area (Å²) in [7, 11) is 0. The van der Waals surface area contributed by atoms with E-state index < -0.39 is 12.2 Å². The summed E-state index contributed by atoms with van der Waals surface area (Å²) in [6.07, 6.45) is 3.15. The Balaban J connectivity index is 1.63. The quantitative estimate of drug-likeness (QED) is 0.114. The standard InChI is InChI=1S/C27H24Br2N4O4/c28-18-14-20(26(35)21(29)15-18)24(37-27(36)32-19-12-10-17(16-30)11-13-19)8-2-1-3-9-25(34)33-23-7-5-4-6-22(23)31/h3-7,9-15,24,35H,1-2,8,31H2,(H,32,36)(H,33,34)/b9-3+/t24-/m1/s1. The molecule has 10 heteroatoms. The Kier molecular flexibility index (Phi) is 10.1. The summed E-state index contributed by atoms with van der Waals surface area (Å²) in [6, 6.07) is 18.7. The number of aromatic hydroxyl groups is 1. The molecule has 0 bridgehead atoms. The summed E-state index contributed by atoms with van der Waals surface area (Å²) in [5.74, 6) is -0.337. The first-order valence-corrected chi connectivity index (χ1v) is 12.8. The van der Waals surface area contributed by atoms with Crippen LogP contribution in [0.15, 0.2) is 81.8 Å². The molecule has 8 nitrogen and oxygen atoms in total. The highest BCUT2D eigenvalue weighted by atomic mass is 79.9. The fourth-order valence-electron chi connectivity index (χ4n) is 3.41. The third-order valence-electron chi connectivity index (χ3n) is 5.24. The van der Waals surface area contributed by atoms with Crippen LogP contribution >= 0.6 is 31.9 Å². The Bertz CT molecular complexity index is 1340. The number of phenolic OH excluding ortho intramolecular Hbond substituents is 1. The predicted molar refractivity (Wildman–Crippen MR) is 150 cm³/mol. The number of hydrogen-bond acceptors (Lipinski definition) is 6. The molecule has 3 aromatic rings. The third kappa shape index (κ3) is 8.37. The Hall–Kier alpha value is -3.81. The van der Waals surface area contributed by atoms with Crippen molar-refractivity contribution >= 4 is 60.9 Å². The normalized spacial score (nSPS) is 11.5. The van der Waals surface area contributed by atoms with Crippen molar-refractivity contribution in [3.8, 4) is 11.8 Å². The van der Waals surface area contributed by atoms with Gasteiger partial charge in [-0.2, -0.15) is 5.26 Å². The number of benzene rings is 3. The van der Waals surface area contributed by atoms with Gasteiger partial charge in [0, 0.05) is 15.7 Å². The molecule has 3 rings (SSSR count). The van der Waals surface area contributed by atoms with Crippen LogP contribution in [0.1, 0.15) is 36.5 Å². The molecule has 5 N–H and O–H groups in total. The molecule has 0 radical (unpaired) electrons. The maximum Gasteiger partial charge on any atom is 0.412 e. The molecule has 0 saturated carbocycles. The van der Waals surface area contributed by atoms with Crippen molar-refractivity contribution in [1.29, 1.82) is 5.26 Å². The zero-order valence-corrected chi connectivity index (χ0v) is 22.8. The van der Waals surface area contributed by atoms with Crippen molar-refractivity contribution in [2.75, 3.05) is 16.4 Å². The Morgan fingerprint density at radius 3 is 2.54 bits per heavy atom. The fraction of sp³-hybridized carbons (Fsp3) is 0.148. The number of carbonyl (C=O) groups is 2. The largest absolute Gasteiger partial charge is 0.506 e. The first kappa shape index (κ1) is 27.8. The Labute approximate surface area is 231 Å². The van der Waals surface area contributed by atoms with E-state index in [4.69, 9.17) is 15.7 Å². The van der Waals surface area contributed by atoms with Crippen molar-refractivity contribution in [2.45, 2.75) is 25.4 Å². The lowest BCUT2D eigenvalue weighted by molar-refractivity contribution is -0.111. The number of allylic oxidation sites excluding steroid dienone is 1. The fourth-order valence-corrected chi connectivity index (χ4v) is 4.67. The minimum atomic E-state index is -0.765. The number of amides is 2. The summed E-state index contributed by atoms with van der Waals surface area (Å²) in [5.41, 5.74) is 8.22. The number of nitriles is 1. The number of ether oxygens (including phenoxy) is 1. The number of hydrogen-bond donors (Lipinski definition) is 4. The number of carbonyl (C=O) groups excluding carboxylic acids is 2. The van der Waals surface area contributed by atoms with E-state index in [0.29, 0.717) is 56.4 Å². The second-order valence-electron chi connectivity index (χ2n) is 7.94. The van der Waals surface area contributed by atoms with Gasteiger partial charge in [-0.25, -0.2) is 4.79 Å². The Morgan fingerprint density at radius 2 is 1.84 bits per heavy atom. The number of rotatable bonds is 9. The highest BCUT2D eigenvalue weighted by Crippen LogP contribution is 2.38. The third-order valence-corrected chi connectivity index (χ3v) is 6.30. The van der Waals surface area contributed by atoms with Gasteiger partial charge in [-0.15, -0.1) is 0 Å². The van der Waals surface area contributed by atoms with Crippen LogP contribution in [0.2, 0.25) is 0 Å². The van der Waals surface area contributed by atoms with Crippen molar-refractivity contribution < 1.29 is 19.4 Å². The van der Waals surface area contributed by atoms with E-state index in [-0.39, 0.29) is 11.7 Å². The molecule has 0 unspecified atom stereocenters. The van der Waals surface area contributed by atoms with E-state index in [9.17, 15) is 14.7 Å². The molecule has 0 heterocycles. The number of phenols is 1. The lowest BCUT2D eigenvalue weighted by Gasteiger charge is -2.20. The van der Waals surface area contributed by atoms with Gasteiger partial charge < -0.3 is 20.9 Å². The minimum Gasteiger partial charge on any atom is -0.506 e. The molecule has 0 fully saturated rings. The highest BCUT2D eigenvalue weighted by molar-refractivity contribution is 9.11. The maximum atomic E-state index is 12.6. The van der Waals surface area contributed by atoms with E-state index >= 15 is 0 Å². The van der Waals surface area contributed by atoms with E-state index in [1.165, 1.54) is 6.08 Å². The van der Waals surface area contributed by atoms with Crippen molar-refractivity contribution in [2.24, 2.45) is 0 Å². The monoisotopic (exact) mass is 626 g/mol. The molecule has 190 valence electrons. The van der Waals surface area contributed by atoms with E-state index in [1.807, 2.05) is 6.07 Å². The van der Waals surface area contributed by atoms with Gasteiger partial charge in [0.15, 0.2) is 0 Å². The van der Waals surface area contributed by atoms with E-state index in [2.05, 4.69) is 42.5 Å². The average Bonchev–Trinajstić information content (AvgIpc) is 2.87. The maximum absolute atomic E-state index is 12.6. The zero-order chi connectivity index (χ0) is 26.8.